The van der Waals surface area contributed by atoms with Crippen LogP contribution in [-0.4, -0.2) is 0 Å². The molecule has 2 aromatic rings. The van der Waals surface area contributed by atoms with Crippen LogP contribution < -0.4 is 5.73 Å². The second-order valence-electron chi connectivity index (χ2n) is 5.04. The molecule has 78 valence electrons. The maximum absolute atomic E-state index is 6.05. The first kappa shape index (κ1) is 10.0. The Morgan fingerprint density at radius 2 is 1.67 bits per heavy atom. The van der Waals surface area contributed by atoms with Gasteiger partial charge >= 0.3 is 0 Å². The van der Waals surface area contributed by atoms with Crippen LogP contribution in [0.25, 0.3) is 10.8 Å². The molecule has 0 bridgehead atoms. The Hall–Kier alpha value is -1.50. The monoisotopic (exact) mass is 199 g/mol. The quantitative estimate of drug-likeness (QED) is 0.643. The fraction of sp³-hybridized carbons (Fsp3) is 0.286. The molecular formula is C14H17N. The summed E-state index contributed by atoms with van der Waals surface area (Å²) in [7, 11) is 0. The molecule has 0 radical (unpaired) electrons. The summed E-state index contributed by atoms with van der Waals surface area (Å²) >= 11 is 0. The van der Waals surface area contributed by atoms with Crippen molar-refractivity contribution in [3.63, 3.8) is 0 Å². The van der Waals surface area contributed by atoms with E-state index in [1.165, 1.54) is 10.9 Å². The van der Waals surface area contributed by atoms with Crippen molar-refractivity contribution in [1.82, 2.24) is 0 Å². The molecule has 0 spiro atoms. The summed E-state index contributed by atoms with van der Waals surface area (Å²) in [5, 5.41) is 2.37. The van der Waals surface area contributed by atoms with E-state index in [0.29, 0.717) is 0 Å². The molecule has 2 aromatic carbocycles. The Kier molecular flexibility index (Phi) is 2.18. The first-order chi connectivity index (χ1) is 6.98. The first-order valence-electron chi connectivity index (χ1n) is 5.27. The SMILES string of the molecule is CC(C)(C)c1cc(N)c2ccccc2c1. The molecule has 0 saturated carbocycles. The van der Waals surface area contributed by atoms with Crippen LogP contribution in [-0.2, 0) is 5.41 Å². The molecule has 2 rings (SSSR count). The van der Waals surface area contributed by atoms with E-state index in [-0.39, 0.29) is 5.41 Å². The van der Waals surface area contributed by atoms with Gasteiger partial charge in [0, 0.05) is 11.1 Å². The second kappa shape index (κ2) is 3.27. The minimum absolute atomic E-state index is 0.151. The van der Waals surface area contributed by atoms with Crippen LogP contribution in [0.15, 0.2) is 36.4 Å². The lowest BCUT2D eigenvalue weighted by molar-refractivity contribution is 0.591. The van der Waals surface area contributed by atoms with Gasteiger partial charge in [-0.25, -0.2) is 0 Å². The van der Waals surface area contributed by atoms with Crippen molar-refractivity contribution < 1.29 is 0 Å². The molecule has 0 fully saturated rings. The van der Waals surface area contributed by atoms with Gasteiger partial charge in [0.15, 0.2) is 0 Å². The normalized spacial score (nSPS) is 11.9. The van der Waals surface area contributed by atoms with Gasteiger partial charge in [-0.2, -0.15) is 0 Å². The molecule has 1 nitrogen and oxygen atoms in total. The van der Waals surface area contributed by atoms with Crippen molar-refractivity contribution in [2.45, 2.75) is 26.2 Å². The molecule has 0 saturated heterocycles. The van der Waals surface area contributed by atoms with E-state index in [2.05, 4.69) is 45.0 Å². The van der Waals surface area contributed by atoms with E-state index in [4.69, 9.17) is 5.73 Å². The topological polar surface area (TPSA) is 26.0 Å². The molecule has 0 amide bonds. The standard InChI is InChI=1S/C14H17N/c1-14(2,3)11-8-10-6-4-5-7-12(10)13(15)9-11/h4-9H,15H2,1-3H3. The summed E-state index contributed by atoms with van der Waals surface area (Å²) in [4.78, 5) is 0. The predicted molar refractivity (Wildman–Crippen MR) is 67.1 cm³/mol. The number of anilines is 1. The highest BCUT2D eigenvalue weighted by Gasteiger charge is 2.14. The van der Waals surface area contributed by atoms with Gasteiger partial charge in [-0.15, -0.1) is 0 Å². The summed E-state index contributed by atoms with van der Waals surface area (Å²) in [5.41, 5.74) is 8.37. The fourth-order valence-electron chi connectivity index (χ4n) is 1.77. The van der Waals surface area contributed by atoms with Gasteiger partial charge in [0.25, 0.3) is 0 Å². The largest absolute Gasteiger partial charge is 0.398 e. The molecule has 0 atom stereocenters. The highest BCUT2D eigenvalue weighted by molar-refractivity contribution is 5.93. The fourth-order valence-corrected chi connectivity index (χ4v) is 1.77. The van der Waals surface area contributed by atoms with Crippen molar-refractivity contribution in [1.29, 1.82) is 0 Å². The molecule has 0 unspecified atom stereocenters. The van der Waals surface area contributed by atoms with Crippen LogP contribution in [0.1, 0.15) is 26.3 Å². The summed E-state index contributed by atoms with van der Waals surface area (Å²) in [6.45, 7) is 6.61. The molecule has 1 heteroatoms. The molecule has 0 aliphatic rings. The summed E-state index contributed by atoms with van der Waals surface area (Å²) < 4.78 is 0. The molecule has 0 aliphatic carbocycles. The third-order valence-corrected chi connectivity index (χ3v) is 2.76. The summed E-state index contributed by atoms with van der Waals surface area (Å²) in [5.74, 6) is 0. The first-order valence-corrected chi connectivity index (χ1v) is 5.27. The Morgan fingerprint density at radius 1 is 1.00 bits per heavy atom. The van der Waals surface area contributed by atoms with Crippen molar-refractivity contribution in [2.75, 3.05) is 5.73 Å². The molecule has 0 heterocycles. The number of benzene rings is 2. The van der Waals surface area contributed by atoms with Crippen LogP contribution in [0.3, 0.4) is 0 Å². The van der Waals surface area contributed by atoms with Crippen molar-refractivity contribution >= 4 is 16.5 Å². The second-order valence-corrected chi connectivity index (χ2v) is 5.04. The highest BCUT2D eigenvalue weighted by atomic mass is 14.6. The minimum atomic E-state index is 0.151. The number of hydrogen-bond acceptors (Lipinski definition) is 1. The van der Waals surface area contributed by atoms with E-state index in [1.54, 1.807) is 0 Å². The van der Waals surface area contributed by atoms with E-state index in [0.717, 1.165) is 11.1 Å². The zero-order valence-corrected chi connectivity index (χ0v) is 9.54. The van der Waals surface area contributed by atoms with Gasteiger partial charge in [-0.1, -0.05) is 51.1 Å². The molecular weight excluding hydrogens is 182 g/mol. The highest BCUT2D eigenvalue weighted by Crippen LogP contribution is 2.29. The lowest BCUT2D eigenvalue weighted by Gasteiger charge is -2.20. The van der Waals surface area contributed by atoms with Crippen LogP contribution in [0.4, 0.5) is 5.69 Å². The predicted octanol–water partition coefficient (Wildman–Crippen LogP) is 3.72. The van der Waals surface area contributed by atoms with Gasteiger partial charge in [0.1, 0.15) is 0 Å². The summed E-state index contributed by atoms with van der Waals surface area (Å²) in [6, 6.07) is 12.6. The maximum atomic E-state index is 6.05. The third-order valence-electron chi connectivity index (χ3n) is 2.76. The van der Waals surface area contributed by atoms with Gasteiger partial charge in [-0.05, 0) is 22.4 Å². The number of rotatable bonds is 0. The lowest BCUT2D eigenvalue weighted by Crippen LogP contribution is -2.11. The van der Waals surface area contributed by atoms with Crippen LogP contribution in [0.5, 0.6) is 0 Å². The van der Waals surface area contributed by atoms with Crippen molar-refractivity contribution in [2.24, 2.45) is 0 Å². The van der Waals surface area contributed by atoms with E-state index >= 15 is 0 Å². The smallest absolute Gasteiger partial charge is 0.0396 e. The van der Waals surface area contributed by atoms with Gasteiger partial charge in [0.05, 0.1) is 0 Å². The molecule has 0 aromatic heterocycles. The zero-order chi connectivity index (χ0) is 11.1. The Balaban J connectivity index is 2.73. The third kappa shape index (κ3) is 1.82. The van der Waals surface area contributed by atoms with Gasteiger partial charge in [0.2, 0.25) is 0 Å². The van der Waals surface area contributed by atoms with Gasteiger partial charge < -0.3 is 5.73 Å². The van der Waals surface area contributed by atoms with Crippen LogP contribution in [0, 0.1) is 0 Å². The molecule has 15 heavy (non-hydrogen) atoms. The van der Waals surface area contributed by atoms with E-state index < -0.39 is 0 Å². The Morgan fingerprint density at radius 3 is 2.33 bits per heavy atom. The average Bonchev–Trinajstić information content (AvgIpc) is 2.16. The van der Waals surface area contributed by atoms with Crippen LogP contribution >= 0.6 is 0 Å². The van der Waals surface area contributed by atoms with Gasteiger partial charge in [-0.3, -0.25) is 0 Å². The Bertz CT molecular complexity index is 492. The van der Waals surface area contributed by atoms with Crippen molar-refractivity contribution in [3.8, 4) is 0 Å². The Labute approximate surface area is 90.9 Å². The number of nitrogens with two attached hydrogens (primary N) is 1. The number of hydrogen-bond donors (Lipinski definition) is 1. The lowest BCUT2D eigenvalue weighted by atomic mass is 9.85. The number of nitrogen functional groups attached to an aromatic ring is 1. The maximum Gasteiger partial charge on any atom is 0.0396 e. The molecule has 0 aliphatic heterocycles. The minimum Gasteiger partial charge on any atom is -0.398 e. The summed E-state index contributed by atoms with van der Waals surface area (Å²) in [6.07, 6.45) is 0. The zero-order valence-electron chi connectivity index (χ0n) is 9.54. The number of fused-ring (bicyclic) bond motifs is 1. The van der Waals surface area contributed by atoms with Crippen LogP contribution in [0.2, 0.25) is 0 Å². The average molecular weight is 199 g/mol. The van der Waals surface area contributed by atoms with Crippen molar-refractivity contribution in [3.05, 3.63) is 42.0 Å². The van der Waals surface area contributed by atoms with E-state index in [1.807, 2.05) is 12.1 Å². The van der Waals surface area contributed by atoms with E-state index in [9.17, 15) is 0 Å². The molecule has 2 N–H and O–H groups in total.